The molecule has 0 spiro atoms. The van der Waals surface area contributed by atoms with Gasteiger partial charge >= 0.3 is 5.97 Å². The Kier molecular flexibility index (Phi) is 5.89. The van der Waals surface area contributed by atoms with Crippen LogP contribution in [0.5, 0.6) is 0 Å². The Morgan fingerprint density at radius 2 is 1.83 bits per heavy atom. The highest BCUT2D eigenvalue weighted by atomic mass is 16.5. The second-order valence-corrected chi connectivity index (χ2v) is 8.70. The first kappa shape index (κ1) is 19.9. The second kappa shape index (κ2) is 8.56. The lowest BCUT2D eigenvalue weighted by Crippen LogP contribution is -2.18. The largest absolute Gasteiger partial charge is 0.461 e. The minimum atomic E-state index is -0.320. The van der Waals surface area contributed by atoms with Crippen LogP contribution in [0.1, 0.15) is 94.6 Å². The van der Waals surface area contributed by atoms with Gasteiger partial charge in [-0.3, -0.25) is 4.79 Å². The highest BCUT2D eigenvalue weighted by Gasteiger charge is 2.32. The third-order valence-corrected chi connectivity index (χ3v) is 6.73. The third-order valence-electron chi connectivity index (χ3n) is 6.73. The van der Waals surface area contributed by atoms with Crippen molar-refractivity contribution >= 4 is 11.8 Å². The number of fused-ring (bicyclic) bond motifs is 1. The summed E-state index contributed by atoms with van der Waals surface area (Å²) in [6, 6.07) is 8.56. The number of hydrogen-bond acceptors (Lipinski definition) is 3. The number of ketones is 1. The minimum Gasteiger partial charge on any atom is -0.461 e. The van der Waals surface area contributed by atoms with Crippen LogP contribution in [0.25, 0.3) is 0 Å². The normalized spacial score (nSPS) is 19.8. The predicted octanol–water partition coefficient (Wildman–Crippen LogP) is 5.54. The molecule has 4 rings (SSSR count). The van der Waals surface area contributed by atoms with Gasteiger partial charge in [0.1, 0.15) is 5.69 Å². The lowest BCUT2D eigenvalue weighted by Gasteiger charge is -2.22. The van der Waals surface area contributed by atoms with Crippen LogP contribution in [-0.4, -0.2) is 23.3 Å². The summed E-state index contributed by atoms with van der Waals surface area (Å²) >= 11 is 0. The van der Waals surface area contributed by atoms with Gasteiger partial charge < -0.3 is 9.72 Å². The Morgan fingerprint density at radius 1 is 1.10 bits per heavy atom. The van der Waals surface area contributed by atoms with Crippen LogP contribution in [-0.2, 0) is 17.6 Å². The monoisotopic (exact) mass is 393 g/mol. The molecule has 0 unspecified atom stereocenters. The molecule has 4 nitrogen and oxygen atoms in total. The van der Waals surface area contributed by atoms with E-state index in [0.717, 1.165) is 36.9 Å². The van der Waals surface area contributed by atoms with Gasteiger partial charge in [-0.25, -0.2) is 4.79 Å². The van der Waals surface area contributed by atoms with Crippen molar-refractivity contribution in [3.63, 3.8) is 0 Å². The molecule has 0 aliphatic heterocycles. The summed E-state index contributed by atoms with van der Waals surface area (Å²) in [6.45, 7) is 4.49. The number of aryl methyl sites for hydroxylation is 1. The molecule has 2 aromatic rings. The van der Waals surface area contributed by atoms with Crippen LogP contribution in [0.15, 0.2) is 24.3 Å². The Hall–Kier alpha value is -2.36. The molecule has 1 heterocycles. The third kappa shape index (κ3) is 4.17. The molecule has 1 N–H and O–H groups in total. The molecule has 0 amide bonds. The number of nitrogens with one attached hydrogen (secondary N) is 1. The van der Waals surface area contributed by atoms with Crippen molar-refractivity contribution in [1.29, 1.82) is 0 Å². The number of Topliss-reactive ketones (excluding diaryl/α,β-unsaturated/α-hetero) is 1. The predicted molar refractivity (Wildman–Crippen MR) is 114 cm³/mol. The highest BCUT2D eigenvalue weighted by Crippen LogP contribution is 2.35. The maximum absolute atomic E-state index is 12.9. The van der Waals surface area contributed by atoms with Gasteiger partial charge in [-0.1, -0.05) is 50.5 Å². The molecular weight excluding hydrogens is 362 g/mol. The molecule has 1 saturated carbocycles. The van der Waals surface area contributed by atoms with Gasteiger partial charge in [0.05, 0.1) is 6.61 Å². The summed E-state index contributed by atoms with van der Waals surface area (Å²) < 4.78 is 5.62. The first-order valence-corrected chi connectivity index (χ1v) is 11.1. The Morgan fingerprint density at radius 3 is 2.52 bits per heavy atom. The highest BCUT2D eigenvalue weighted by molar-refractivity contribution is 6.03. The van der Waals surface area contributed by atoms with Gasteiger partial charge in [0.15, 0.2) is 5.78 Å². The maximum Gasteiger partial charge on any atom is 0.355 e. The van der Waals surface area contributed by atoms with Crippen molar-refractivity contribution in [2.24, 2.45) is 5.92 Å². The summed E-state index contributed by atoms with van der Waals surface area (Å²) in [5.74, 6) is 0.440. The fourth-order valence-corrected chi connectivity index (χ4v) is 4.92. The first-order chi connectivity index (χ1) is 14.1. The molecule has 4 heteroatoms. The molecule has 1 fully saturated rings. The summed E-state index contributed by atoms with van der Waals surface area (Å²) in [4.78, 5) is 28.8. The number of ether oxygens (including phenoxy) is 1. The number of benzene rings is 1. The van der Waals surface area contributed by atoms with E-state index >= 15 is 0 Å². The molecule has 0 radical (unpaired) electrons. The minimum absolute atomic E-state index is 0.121. The van der Waals surface area contributed by atoms with Crippen molar-refractivity contribution in [2.75, 3.05) is 6.61 Å². The zero-order chi connectivity index (χ0) is 20.4. The van der Waals surface area contributed by atoms with Gasteiger partial charge in [0.2, 0.25) is 0 Å². The Labute approximate surface area is 173 Å². The zero-order valence-corrected chi connectivity index (χ0v) is 17.6. The van der Waals surface area contributed by atoms with Crippen molar-refractivity contribution in [3.8, 4) is 0 Å². The number of hydrogen-bond donors (Lipinski definition) is 1. The molecular formula is C25H31NO3. The van der Waals surface area contributed by atoms with E-state index in [2.05, 4.69) is 36.2 Å². The molecule has 1 aromatic carbocycles. The number of esters is 1. The van der Waals surface area contributed by atoms with E-state index in [1.807, 2.05) is 6.92 Å². The van der Waals surface area contributed by atoms with Crippen LogP contribution < -0.4 is 0 Å². The summed E-state index contributed by atoms with van der Waals surface area (Å²) in [6.07, 6.45) is 8.29. The van der Waals surface area contributed by atoms with Gasteiger partial charge in [0, 0.05) is 17.7 Å². The van der Waals surface area contributed by atoms with E-state index in [9.17, 15) is 9.59 Å². The van der Waals surface area contributed by atoms with E-state index in [4.69, 9.17) is 4.74 Å². The molecule has 0 bridgehead atoms. The average Bonchev–Trinajstić information content (AvgIpc) is 3.10. The molecule has 0 saturated heterocycles. The van der Waals surface area contributed by atoms with Crippen LogP contribution in [0.3, 0.4) is 0 Å². The fraction of sp³-hybridized carbons (Fsp3) is 0.520. The first-order valence-electron chi connectivity index (χ1n) is 11.1. The number of H-pyrrole nitrogens is 1. The Balaban J connectivity index is 1.49. The van der Waals surface area contributed by atoms with E-state index < -0.39 is 0 Å². The number of carbonyl (C=O) groups is 2. The molecule has 1 aromatic heterocycles. The number of aromatic nitrogens is 1. The van der Waals surface area contributed by atoms with E-state index in [-0.39, 0.29) is 17.7 Å². The van der Waals surface area contributed by atoms with Crippen LogP contribution in [0.2, 0.25) is 0 Å². The second-order valence-electron chi connectivity index (χ2n) is 8.70. The van der Waals surface area contributed by atoms with Gasteiger partial charge in [-0.15, -0.1) is 0 Å². The quantitative estimate of drug-likeness (QED) is 0.679. The molecule has 1 atom stereocenters. The standard InChI is InChI=1S/C25H31NO3/c1-3-17-9-11-19(12-10-17)20-13-21-23(22(27)14-20)16(2)24(26-21)25(28)29-15-18-7-5-4-6-8-18/h9-12,18,20,26H,3-8,13-15H2,1-2H3/t20-/m0/s1. The number of carbonyl (C=O) groups excluding carboxylic acids is 2. The van der Waals surface area contributed by atoms with Crippen molar-refractivity contribution in [3.05, 3.63) is 57.9 Å². The van der Waals surface area contributed by atoms with Crippen molar-refractivity contribution in [2.45, 2.75) is 71.1 Å². The van der Waals surface area contributed by atoms with Crippen LogP contribution in [0, 0.1) is 12.8 Å². The van der Waals surface area contributed by atoms with Crippen molar-refractivity contribution in [1.82, 2.24) is 4.98 Å². The average molecular weight is 394 g/mol. The lowest BCUT2D eigenvalue weighted by atomic mass is 9.81. The summed E-state index contributed by atoms with van der Waals surface area (Å²) in [5.41, 5.74) is 5.29. The number of rotatable bonds is 5. The zero-order valence-electron chi connectivity index (χ0n) is 17.6. The topological polar surface area (TPSA) is 59.2 Å². The van der Waals surface area contributed by atoms with E-state index in [1.165, 1.54) is 30.4 Å². The van der Waals surface area contributed by atoms with Gasteiger partial charge in [0.25, 0.3) is 0 Å². The molecule has 2 aliphatic carbocycles. The molecule has 154 valence electrons. The smallest absolute Gasteiger partial charge is 0.355 e. The molecule has 29 heavy (non-hydrogen) atoms. The number of aromatic amines is 1. The van der Waals surface area contributed by atoms with E-state index in [1.54, 1.807) is 0 Å². The SMILES string of the molecule is CCc1ccc([C@@H]2CC(=O)c3c([nH]c(C(=O)OCC4CCCCC4)c3C)C2)cc1. The van der Waals surface area contributed by atoms with Crippen LogP contribution >= 0.6 is 0 Å². The van der Waals surface area contributed by atoms with Crippen molar-refractivity contribution < 1.29 is 14.3 Å². The van der Waals surface area contributed by atoms with E-state index in [0.29, 0.717) is 30.2 Å². The lowest BCUT2D eigenvalue weighted by molar-refractivity contribution is 0.0403. The van der Waals surface area contributed by atoms with Gasteiger partial charge in [-0.2, -0.15) is 0 Å². The summed E-state index contributed by atoms with van der Waals surface area (Å²) in [5, 5.41) is 0. The Bertz CT molecular complexity index is 888. The van der Waals surface area contributed by atoms with Gasteiger partial charge in [-0.05, 0) is 61.1 Å². The summed E-state index contributed by atoms with van der Waals surface area (Å²) in [7, 11) is 0. The molecule has 2 aliphatic rings. The maximum atomic E-state index is 12.9. The van der Waals surface area contributed by atoms with Crippen LogP contribution in [0.4, 0.5) is 0 Å². The fourth-order valence-electron chi connectivity index (χ4n) is 4.92.